The second-order valence-corrected chi connectivity index (χ2v) is 0.875. The second-order valence-electron chi connectivity index (χ2n) is 0.875. The largest absolute Gasteiger partial charge is 0.324 e. The molecule has 0 fully saturated rings. The van der Waals surface area contributed by atoms with Gasteiger partial charge in [0, 0.05) is 0 Å². The van der Waals surface area contributed by atoms with Crippen LogP contribution in [0.15, 0.2) is 12.7 Å². The van der Waals surface area contributed by atoms with Crippen LogP contribution in [0.3, 0.4) is 0 Å². The fraction of sp³-hybridized carbons (Fsp3) is 0.250. The molecule has 0 atom stereocenters. The summed E-state index contributed by atoms with van der Waals surface area (Å²) < 4.78 is 0. The summed E-state index contributed by atoms with van der Waals surface area (Å²) >= 11 is 0. The molecule has 6 heavy (non-hydrogen) atoms. The lowest BCUT2D eigenvalue weighted by Gasteiger charge is -1.76. The van der Waals surface area contributed by atoms with E-state index >= 15 is 0 Å². The Morgan fingerprint density at radius 1 is 2.00 bits per heavy atom. The number of ketones is 1. The first kappa shape index (κ1) is 5.37. The van der Waals surface area contributed by atoms with Crippen molar-refractivity contribution in [3.63, 3.8) is 0 Å². The molecule has 2 heteroatoms. The van der Waals surface area contributed by atoms with E-state index in [1.807, 2.05) is 0 Å². The van der Waals surface area contributed by atoms with Crippen LogP contribution < -0.4 is 5.73 Å². The van der Waals surface area contributed by atoms with Crippen LogP contribution in [0.2, 0.25) is 0 Å². The lowest BCUT2D eigenvalue weighted by atomic mass is 10.4. The van der Waals surface area contributed by atoms with E-state index in [0.29, 0.717) is 0 Å². The maximum absolute atomic E-state index is 9.94. The summed E-state index contributed by atoms with van der Waals surface area (Å²) in [7, 11) is 0. The van der Waals surface area contributed by atoms with E-state index in [4.69, 9.17) is 5.73 Å². The zero-order valence-electron chi connectivity index (χ0n) is 3.48. The molecule has 34 valence electrons. The molecule has 0 rings (SSSR count). The van der Waals surface area contributed by atoms with Gasteiger partial charge in [-0.3, -0.25) is 4.79 Å². The summed E-state index contributed by atoms with van der Waals surface area (Å²) in [4.78, 5) is 9.94. The summed E-state index contributed by atoms with van der Waals surface area (Å²) in [5.41, 5.74) is 4.86. The summed E-state index contributed by atoms with van der Waals surface area (Å²) in [5.74, 6) is -0.116. The van der Waals surface area contributed by atoms with Crippen LogP contribution in [0.25, 0.3) is 0 Å². The lowest BCUT2D eigenvalue weighted by Crippen LogP contribution is -2.09. The Hall–Kier alpha value is -0.630. The smallest absolute Gasteiger partial charge is 0.168 e. The van der Waals surface area contributed by atoms with Crippen molar-refractivity contribution in [3.05, 3.63) is 12.7 Å². The topological polar surface area (TPSA) is 43.1 Å². The van der Waals surface area contributed by atoms with Gasteiger partial charge in [0.05, 0.1) is 6.54 Å². The molecule has 0 aliphatic rings. The fourth-order valence-electron chi connectivity index (χ4n) is 0.0833. The van der Waals surface area contributed by atoms with Crippen molar-refractivity contribution in [1.29, 1.82) is 0 Å². The summed E-state index contributed by atoms with van der Waals surface area (Å²) in [6.45, 7) is 3.27. The Kier molecular flexibility index (Phi) is 2.33. The third kappa shape index (κ3) is 1.67. The lowest BCUT2D eigenvalue weighted by molar-refractivity contribution is -0.113. The summed E-state index contributed by atoms with van der Waals surface area (Å²) in [6.07, 6.45) is 1.21. The van der Waals surface area contributed by atoms with E-state index in [2.05, 4.69) is 6.58 Å². The Morgan fingerprint density at radius 3 is 2.50 bits per heavy atom. The quantitative estimate of drug-likeness (QED) is 0.468. The van der Waals surface area contributed by atoms with E-state index in [1.54, 1.807) is 0 Å². The average molecular weight is 85.1 g/mol. The molecule has 0 bridgehead atoms. The Morgan fingerprint density at radius 2 is 2.50 bits per heavy atom. The Labute approximate surface area is 36.6 Å². The van der Waals surface area contributed by atoms with E-state index < -0.39 is 0 Å². The molecule has 0 aliphatic heterocycles. The van der Waals surface area contributed by atoms with E-state index in [1.165, 1.54) is 6.08 Å². The van der Waals surface area contributed by atoms with Gasteiger partial charge in [-0.1, -0.05) is 6.58 Å². The number of carbonyl (C=O) groups excluding carboxylic acids is 1. The van der Waals surface area contributed by atoms with Crippen molar-refractivity contribution in [2.75, 3.05) is 6.54 Å². The highest BCUT2D eigenvalue weighted by Crippen LogP contribution is 1.61. The van der Waals surface area contributed by atoms with Gasteiger partial charge in [0.1, 0.15) is 0 Å². The summed E-state index contributed by atoms with van der Waals surface area (Å²) in [6, 6.07) is 0. The first-order chi connectivity index (χ1) is 2.81. The van der Waals surface area contributed by atoms with E-state index in [-0.39, 0.29) is 12.3 Å². The van der Waals surface area contributed by atoms with Crippen LogP contribution >= 0.6 is 0 Å². The van der Waals surface area contributed by atoms with Gasteiger partial charge in [-0.05, 0) is 6.08 Å². The number of nitrogens with two attached hydrogens (primary N) is 1. The normalized spacial score (nSPS) is 7.50. The average Bonchev–Trinajstić information content (AvgIpc) is 1.65. The first-order valence-corrected chi connectivity index (χ1v) is 1.66. The van der Waals surface area contributed by atoms with Crippen LogP contribution in [0, 0.1) is 0 Å². The highest BCUT2D eigenvalue weighted by molar-refractivity contribution is 5.90. The molecule has 0 saturated heterocycles. The van der Waals surface area contributed by atoms with Gasteiger partial charge in [-0.15, -0.1) is 0 Å². The number of hydrogen-bond donors (Lipinski definition) is 1. The molecular formula is C4H7NO. The van der Waals surface area contributed by atoms with Gasteiger partial charge < -0.3 is 5.73 Å². The summed E-state index contributed by atoms with van der Waals surface area (Å²) in [5, 5.41) is 0. The van der Waals surface area contributed by atoms with Crippen LogP contribution in [0.4, 0.5) is 0 Å². The molecule has 0 radical (unpaired) electrons. The van der Waals surface area contributed by atoms with Crippen LogP contribution in [0.1, 0.15) is 0 Å². The molecule has 0 aliphatic carbocycles. The number of rotatable bonds is 2. The minimum absolute atomic E-state index is 0.0729. The number of carbonyl (C=O) groups is 1. The maximum atomic E-state index is 9.94. The highest BCUT2D eigenvalue weighted by Gasteiger charge is 1.82. The predicted molar refractivity (Wildman–Crippen MR) is 24.3 cm³/mol. The van der Waals surface area contributed by atoms with Gasteiger partial charge in [0.25, 0.3) is 0 Å². The molecule has 0 amide bonds. The van der Waals surface area contributed by atoms with Gasteiger partial charge in [0.15, 0.2) is 5.78 Å². The molecule has 0 unspecified atom stereocenters. The monoisotopic (exact) mass is 85.1 g/mol. The predicted octanol–water partition coefficient (Wildman–Crippen LogP) is -0.300. The maximum Gasteiger partial charge on any atom is 0.168 e. The van der Waals surface area contributed by atoms with Gasteiger partial charge in [-0.25, -0.2) is 0 Å². The Bertz CT molecular complexity index is 67.9. The zero-order valence-corrected chi connectivity index (χ0v) is 3.48. The molecule has 0 spiro atoms. The highest BCUT2D eigenvalue weighted by atomic mass is 16.1. The Balaban J connectivity index is 3.23. The van der Waals surface area contributed by atoms with Crippen LogP contribution in [-0.4, -0.2) is 12.3 Å². The molecule has 0 aromatic heterocycles. The minimum atomic E-state index is -0.116. The van der Waals surface area contributed by atoms with Gasteiger partial charge in [-0.2, -0.15) is 0 Å². The SMILES string of the molecule is C=CC(=O)CN. The zero-order chi connectivity index (χ0) is 4.99. The van der Waals surface area contributed by atoms with Crippen molar-refractivity contribution >= 4 is 5.78 Å². The van der Waals surface area contributed by atoms with Crippen molar-refractivity contribution in [3.8, 4) is 0 Å². The fourth-order valence-corrected chi connectivity index (χ4v) is 0.0833. The van der Waals surface area contributed by atoms with E-state index in [9.17, 15) is 4.79 Å². The van der Waals surface area contributed by atoms with E-state index in [0.717, 1.165) is 0 Å². The molecule has 0 saturated carbocycles. The first-order valence-electron chi connectivity index (χ1n) is 1.66. The van der Waals surface area contributed by atoms with Crippen molar-refractivity contribution in [2.24, 2.45) is 5.73 Å². The second kappa shape index (κ2) is 2.60. The van der Waals surface area contributed by atoms with Crippen LogP contribution in [-0.2, 0) is 4.79 Å². The molecule has 2 N–H and O–H groups in total. The van der Waals surface area contributed by atoms with Crippen molar-refractivity contribution < 1.29 is 4.79 Å². The van der Waals surface area contributed by atoms with Gasteiger partial charge >= 0.3 is 0 Å². The van der Waals surface area contributed by atoms with Crippen molar-refractivity contribution in [2.45, 2.75) is 0 Å². The molecule has 0 heterocycles. The molecular weight excluding hydrogens is 78.1 g/mol. The molecule has 0 aromatic rings. The number of hydrogen-bond acceptors (Lipinski definition) is 2. The van der Waals surface area contributed by atoms with Crippen LogP contribution in [0.5, 0.6) is 0 Å². The minimum Gasteiger partial charge on any atom is -0.324 e. The third-order valence-electron chi connectivity index (χ3n) is 0.429. The molecule has 2 nitrogen and oxygen atoms in total. The standard InChI is InChI=1S/C4H7NO/c1-2-4(6)3-5/h2H,1,3,5H2. The third-order valence-corrected chi connectivity index (χ3v) is 0.429. The van der Waals surface area contributed by atoms with Gasteiger partial charge in [0.2, 0.25) is 0 Å². The van der Waals surface area contributed by atoms with Crippen molar-refractivity contribution in [1.82, 2.24) is 0 Å². The molecule has 0 aromatic carbocycles.